The second kappa shape index (κ2) is 9.54. The molecule has 2 heterocycles. The monoisotopic (exact) mass is 464 g/mol. The van der Waals surface area contributed by atoms with Crippen LogP contribution in [0.5, 0.6) is 5.75 Å². The van der Waals surface area contributed by atoms with Gasteiger partial charge in [-0.15, -0.1) is 0 Å². The van der Waals surface area contributed by atoms with Crippen molar-refractivity contribution < 1.29 is 5.11 Å². The van der Waals surface area contributed by atoms with Gasteiger partial charge in [0.15, 0.2) is 0 Å². The van der Waals surface area contributed by atoms with Crippen LogP contribution in [0, 0.1) is 5.41 Å². The predicted octanol–water partition coefficient (Wildman–Crippen LogP) is 6.66. The van der Waals surface area contributed by atoms with Crippen molar-refractivity contribution in [3.8, 4) is 5.75 Å². The number of rotatable bonds is 3. The number of hydrogen-bond donors (Lipinski definition) is 2. The van der Waals surface area contributed by atoms with Crippen LogP contribution in [0.15, 0.2) is 72.8 Å². The average molecular weight is 465 g/mol. The molecule has 3 nitrogen and oxygen atoms in total. The zero-order valence-corrected chi connectivity index (χ0v) is 20.6. The number of benzene rings is 3. The van der Waals surface area contributed by atoms with Gasteiger partial charge in [0, 0.05) is 18.8 Å². The molecule has 3 aliphatic rings. The zero-order chi connectivity index (χ0) is 23.7. The largest absolute Gasteiger partial charge is 0.508 e. The number of allylic oxidation sites excluding steroid dienone is 1. The Kier molecular flexibility index (Phi) is 6.12. The second-order valence-corrected chi connectivity index (χ2v) is 10.7. The molecule has 2 fully saturated rings. The fourth-order valence-corrected chi connectivity index (χ4v) is 6.63. The van der Waals surface area contributed by atoms with E-state index in [2.05, 4.69) is 70.9 Å². The summed E-state index contributed by atoms with van der Waals surface area (Å²) in [6.45, 7) is 4.69. The van der Waals surface area contributed by atoms with Gasteiger partial charge in [0.2, 0.25) is 0 Å². The summed E-state index contributed by atoms with van der Waals surface area (Å²) in [7, 11) is 0. The van der Waals surface area contributed by atoms with E-state index in [1.165, 1.54) is 84.4 Å². The van der Waals surface area contributed by atoms with E-state index in [9.17, 15) is 5.11 Å². The first-order chi connectivity index (χ1) is 17.2. The van der Waals surface area contributed by atoms with Gasteiger partial charge in [-0.2, -0.15) is 0 Å². The van der Waals surface area contributed by atoms with Crippen LogP contribution >= 0.6 is 0 Å². The molecule has 6 rings (SSSR count). The molecule has 0 aromatic heterocycles. The van der Waals surface area contributed by atoms with Crippen LogP contribution < -0.4 is 10.2 Å². The number of aromatic hydroxyl groups is 1. The van der Waals surface area contributed by atoms with E-state index in [4.69, 9.17) is 0 Å². The van der Waals surface area contributed by atoms with Crippen molar-refractivity contribution in [3.05, 3.63) is 95.1 Å². The lowest BCUT2D eigenvalue weighted by Gasteiger charge is -2.28. The predicted molar refractivity (Wildman–Crippen MR) is 146 cm³/mol. The molecule has 2 aliphatic heterocycles. The van der Waals surface area contributed by atoms with Gasteiger partial charge in [-0.3, -0.25) is 0 Å². The van der Waals surface area contributed by atoms with E-state index in [1.807, 2.05) is 12.1 Å². The normalized spacial score (nSPS) is 22.7. The van der Waals surface area contributed by atoms with E-state index in [-0.39, 0.29) is 0 Å². The number of aryl methyl sites for hydroxylation is 1. The third-order valence-corrected chi connectivity index (χ3v) is 8.51. The highest BCUT2D eigenvalue weighted by molar-refractivity contribution is 6.00. The Morgan fingerprint density at radius 2 is 1.63 bits per heavy atom. The lowest BCUT2D eigenvalue weighted by Crippen LogP contribution is -2.28. The molecule has 35 heavy (non-hydrogen) atoms. The van der Waals surface area contributed by atoms with Crippen LogP contribution in [0.1, 0.15) is 60.8 Å². The van der Waals surface area contributed by atoms with E-state index in [0.29, 0.717) is 11.2 Å². The van der Waals surface area contributed by atoms with Gasteiger partial charge < -0.3 is 15.3 Å². The first-order valence-electron chi connectivity index (χ1n) is 13.4. The molecule has 1 unspecified atom stereocenters. The quantitative estimate of drug-likeness (QED) is 0.455. The number of phenols is 1. The maximum atomic E-state index is 10.2. The van der Waals surface area contributed by atoms with Gasteiger partial charge in [0.25, 0.3) is 0 Å². The van der Waals surface area contributed by atoms with Gasteiger partial charge in [0.05, 0.1) is 0 Å². The van der Waals surface area contributed by atoms with Gasteiger partial charge in [-0.05, 0) is 121 Å². The van der Waals surface area contributed by atoms with Crippen molar-refractivity contribution in [2.45, 2.75) is 44.9 Å². The number of phenolic OH excluding ortho intramolecular Hbond substituents is 1. The van der Waals surface area contributed by atoms with Crippen LogP contribution in [0.3, 0.4) is 0 Å². The SMILES string of the molecule is Oc1ccc2c(c1)CCCC(c1ccccc1)=C2c1ccc(N2CCC3(CCCNCC3)C2)cc1. The van der Waals surface area contributed by atoms with E-state index >= 15 is 0 Å². The van der Waals surface area contributed by atoms with Crippen LogP contribution in [0.4, 0.5) is 5.69 Å². The smallest absolute Gasteiger partial charge is 0.115 e. The standard InChI is InChI=1S/C32H36N2O/c35-28-14-15-30-26(22-28)8-4-9-29(24-6-2-1-3-7-24)31(30)25-10-12-27(13-11-25)34-21-18-32(23-34)16-5-19-33-20-17-32/h1-3,6-7,10-15,22,33,35H,4-5,8-9,16-21,23H2. The molecular weight excluding hydrogens is 428 g/mol. The highest BCUT2D eigenvalue weighted by Gasteiger charge is 2.38. The molecule has 3 aromatic rings. The molecule has 0 amide bonds. The van der Waals surface area contributed by atoms with Crippen LogP contribution in [0.2, 0.25) is 0 Å². The molecule has 1 spiro atoms. The summed E-state index contributed by atoms with van der Waals surface area (Å²) >= 11 is 0. The Hall–Kier alpha value is -3.04. The molecule has 0 bridgehead atoms. The molecule has 0 radical (unpaired) electrons. The van der Waals surface area contributed by atoms with Crippen molar-refractivity contribution in [3.63, 3.8) is 0 Å². The summed E-state index contributed by atoms with van der Waals surface area (Å²) in [6, 6.07) is 26.1. The molecule has 180 valence electrons. The maximum Gasteiger partial charge on any atom is 0.115 e. The molecule has 1 aliphatic carbocycles. The zero-order valence-electron chi connectivity index (χ0n) is 20.6. The first-order valence-corrected chi connectivity index (χ1v) is 13.4. The number of nitrogens with zero attached hydrogens (tertiary/aromatic N) is 1. The van der Waals surface area contributed by atoms with Gasteiger partial charge in [-0.1, -0.05) is 48.5 Å². The van der Waals surface area contributed by atoms with E-state index in [0.717, 1.165) is 25.8 Å². The fourth-order valence-electron chi connectivity index (χ4n) is 6.63. The van der Waals surface area contributed by atoms with Crippen molar-refractivity contribution in [1.29, 1.82) is 0 Å². The van der Waals surface area contributed by atoms with Gasteiger partial charge >= 0.3 is 0 Å². The fraction of sp³-hybridized carbons (Fsp3) is 0.375. The third kappa shape index (κ3) is 4.50. The number of nitrogens with one attached hydrogen (secondary N) is 1. The first kappa shape index (κ1) is 22.4. The molecule has 1 atom stereocenters. The summed E-state index contributed by atoms with van der Waals surface area (Å²) in [5.74, 6) is 0.360. The number of fused-ring (bicyclic) bond motifs is 1. The lowest BCUT2D eigenvalue weighted by molar-refractivity contribution is 0.289. The average Bonchev–Trinajstić information content (AvgIpc) is 3.05. The molecule has 2 saturated heterocycles. The summed E-state index contributed by atoms with van der Waals surface area (Å²) in [5, 5.41) is 13.8. The Balaban J connectivity index is 1.36. The van der Waals surface area contributed by atoms with Crippen LogP contribution in [-0.4, -0.2) is 31.3 Å². The van der Waals surface area contributed by atoms with Gasteiger partial charge in [-0.25, -0.2) is 0 Å². The van der Waals surface area contributed by atoms with Crippen molar-refractivity contribution in [2.24, 2.45) is 5.41 Å². The van der Waals surface area contributed by atoms with Crippen molar-refractivity contribution >= 4 is 16.8 Å². The maximum absolute atomic E-state index is 10.2. The molecular formula is C32H36N2O. The number of hydrogen-bond acceptors (Lipinski definition) is 3. The van der Waals surface area contributed by atoms with E-state index < -0.39 is 0 Å². The minimum Gasteiger partial charge on any atom is -0.508 e. The highest BCUT2D eigenvalue weighted by atomic mass is 16.3. The van der Waals surface area contributed by atoms with Crippen molar-refractivity contribution in [2.75, 3.05) is 31.1 Å². The minimum atomic E-state index is 0.360. The topological polar surface area (TPSA) is 35.5 Å². The molecule has 0 saturated carbocycles. The molecule has 2 N–H and O–H groups in total. The summed E-state index contributed by atoms with van der Waals surface area (Å²) < 4.78 is 0. The lowest BCUT2D eigenvalue weighted by atomic mass is 9.80. The van der Waals surface area contributed by atoms with Crippen molar-refractivity contribution in [1.82, 2.24) is 5.32 Å². The minimum absolute atomic E-state index is 0.360. The van der Waals surface area contributed by atoms with E-state index in [1.54, 1.807) is 0 Å². The Morgan fingerprint density at radius 1 is 0.771 bits per heavy atom. The summed E-state index contributed by atoms with van der Waals surface area (Å²) in [4.78, 5) is 2.61. The summed E-state index contributed by atoms with van der Waals surface area (Å²) in [6.07, 6.45) is 8.40. The third-order valence-electron chi connectivity index (χ3n) is 8.51. The number of anilines is 1. The van der Waals surface area contributed by atoms with Crippen LogP contribution in [0.25, 0.3) is 11.1 Å². The molecule has 3 aromatic carbocycles. The second-order valence-electron chi connectivity index (χ2n) is 10.7. The Morgan fingerprint density at radius 3 is 2.49 bits per heavy atom. The van der Waals surface area contributed by atoms with Gasteiger partial charge in [0.1, 0.15) is 5.75 Å². The Labute approximate surface area is 209 Å². The van der Waals surface area contributed by atoms with Crippen LogP contribution in [-0.2, 0) is 6.42 Å². The summed E-state index contributed by atoms with van der Waals surface area (Å²) in [5.41, 5.74) is 9.66. The molecule has 3 heteroatoms. The highest BCUT2D eigenvalue weighted by Crippen LogP contribution is 2.43. The Bertz CT molecular complexity index is 1200.